The molecule has 0 spiro atoms. The highest BCUT2D eigenvalue weighted by Crippen LogP contribution is 2.36. The first-order valence-electron chi connectivity index (χ1n) is 6.80. The minimum Gasteiger partial charge on any atom is -0.444 e. The Morgan fingerprint density at radius 2 is 1.95 bits per heavy atom. The van der Waals surface area contributed by atoms with Crippen LogP contribution in [0.2, 0.25) is 0 Å². The smallest absolute Gasteiger partial charge is 0.412 e. The summed E-state index contributed by atoms with van der Waals surface area (Å²) < 4.78 is 11.3. The molecule has 1 saturated heterocycles. The van der Waals surface area contributed by atoms with E-state index in [1.807, 2.05) is 48.5 Å². The van der Waals surface area contributed by atoms with E-state index in [-0.39, 0.29) is 24.7 Å². The van der Waals surface area contributed by atoms with Crippen molar-refractivity contribution >= 4 is 6.09 Å². The highest BCUT2D eigenvalue weighted by atomic mass is 16.6. The zero-order valence-electron chi connectivity index (χ0n) is 13.1. The van der Waals surface area contributed by atoms with Gasteiger partial charge >= 0.3 is 6.09 Å². The average Bonchev–Trinajstić information content (AvgIpc) is 2.46. The maximum absolute atomic E-state index is 12.4. The molecule has 112 valence electrons. The summed E-state index contributed by atoms with van der Waals surface area (Å²) in [6.45, 7) is 13.1. The van der Waals surface area contributed by atoms with Gasteiger partial charge in [0.1, 0.15) is 17.4 Å². The van der Waals surface area contributed by atoms with Crippen LogP contribution in [-0.2, 0) is 9.47 Å². The van der Waals surface area contributed by atoms with E-state index in [4.69, 9.17) is 9.47 Å². The van der Waals surface area contributed by atoms with Crippen LogP contribution in [0.5, 0.6) is 0 Å². The molecule has 0 unspecified atom stereocenters. The molecular formula is C14H27NO4. The van der Waals surface area contributed by atoms with E-state index in [0.29, 0.717) is 0 Å². The quantitative estimate of drug-likeness (QED) is 0.839. The third-order valence-electron chi connectivity index (χ3n) is 3.15. The van der Waals surface area contributed by atoms with Crippen molar-refractivity contribution in [2.75, 3.05) is 6.61 Å². The van der Waals surface area contributed by atoms with Gasteiger partial charge < -0.3 is 14.6 Å². The summed E-state index contributed by atoms with van der Waals surface area (Å²) in [5, 5.41) is 9.45. The van der Waals surface area contributed by atoms with Gasteiger partial charge in [-0.15, -0.1) is 0 Å². The molecule has 19 heavy (non-hydrogen) atoms. The van der Waals surface area contributed by atoms with Crippen molar-refractivity contribution < 1.29 is 19.4 Å². The molecule has 1 heterocycles. The van der Waals surface area contributed by atoms with Crippen LogP contribution in [-0.4, -0.2) is 46.2 Å². The zero-order chi connectivity index (χ0) is 15.0. The fourth-order valence-corrected chi connectivity index (χ4v) is 2.55. The molecule has 1 aliphatic rings. The van der Waals surface area contributed by atoms with Crippen molar-refractivity contribution in [2.24, 2.45) is 5.92 Å². The molecule has 0 saturated carbocycles. The molecule has 0 aromatic heterocycles. The predicted octanol–water partition coefficient (Wildman–Crippen LogP) is 2.38. The molecule has 1 amide bonds. The first-order chi connectivity index (χ1) is 8.49. The number of carbonyl (C=O) groups excluding carboxylic acids is 1. The fourth-order valence-electron chi connectivity index (χ4n) is 2.55. The van der Waals surface area contributed by atoms with Crippen LogP contribution in [0.3, 0.4) is 0 Å². The zero-order valence-corrected chi connectivity index (χ0v) is 13.1. The van der Waals surface area contributed by atoms with Gasteiger partial charge in [-0.3, -0.25) is 4.90 Å². The van der Waals surface area contributed by atoms with Crippen LogP contribution in [0.1, 0.15) is 48.5 Å². The van der Waals surface area contributed by atoms with E-state index in [1.165, 1.54) is 0 Å². The van der Waals surface area contributed by atoms with Gasteiger partial charge in [0, 0.05) is 0 Å². The Bertz CT molecular complexity index is 333. The van der Waals surface area contributed by atoms with Gasteiger partial charge in [-0.2, -0.15) is 0 Å². The van der Waals surface area contributed by atoms with Gasteiger partial charge in [-0.25, -0.2) is 4.79 Å². The third kappa shape index (κ3) is 3.60. The van der Waals surface area contributed by atoms with Crippen molar-refractivity contribution in [2.45, 2.75) is 71.9 Å². The molecule has 2 atom stereocenters. The number of ether oxygens (including phenoxy) is 2. The number of nitrogens with zero attached hydrogens (tertiary/aromatic N) is 1. The molecule has 1 aliphatic heterocycles. The lowest BCUT2D eigenvalue weighted by atomic mass is 9.98. The van der Waals surface area contributed by atoms with Crippen LogP contribution >= 0.6 is 0 Å². The third-order valence-corrected chi connectivity index (χ3v) is 3.15. The van der Waals surface area contributed by atoms with Crippen molar-refractivity contribution in [3.63, 3.8) is 0 Å². The van der Waals surface area contributed by atoms with Crippen molar-refractivity contribution in [3.05, 3.63) is 0 Å². The minimum atomic E-state index is -0.773. The minimum absolute atomic E-state index is 0.106. The second kappa shape index (κ2) is 5.29. The van der Waals surface area contributed by atoms with Gasteiger partial charge in [0.25, 0.3) is 0 Å². The van der Waals surface area contributed by atoms with Gasteiger partial charge in [0.15, 0.2) is 0 Å². The van der Waals surface area contributed by atoms with Crippen LogP contribution in [0.4, 0.5) is 4.79 Å². The standard InChI is InChI=1S/C14H27NO4/c1-9(2)11-10(8-16)18-14(6,7)15(11)12(17)19-13(3,4)5/h9-11,16H,8H2,1-7H3/t10-,11-/m0/s1. The summed E-state index contributed by atoms with van der Waals surface area (Å²) in [6.07, 6.45) is -0.769. The van der Waals surface area contributed by atoms with Crippen LogP contribution in [0.15, 0.2) is 0 Å². The molecule has 1 rings (SSSR count). The lowest BCUT2D eigenvalue weighted by Gasteiger charge is -2.36. The number of hydrogen-bond acceptors (Lipinski definition) is 4. The molecule has 5 heteroatoms. The van der Waals surface area contributed by atoms with Crippen LogP contribution in [0, 0.1) is 5.92 Å². The second-order valence-electron chi connectivity index (χ2n) is 6.87. The maximum atomic E-state index is 12.4. The Morgan fingerprint density at radius 3 is 2.32 bits per heavy atom. The Morgan fingerprint density at radius 1 is 1.42 bits per heavy atom. The molecule has 1 fully saturated rings. The normalized spacial score (nSPS) is 26.9. The number of carbonyl (C=O) groups is 1. The highest BCUT2D eigenvalue weighted by Gasteiger charge is 2.51. The number of aliphatic hydroxyl groups excluding tert-OH is 1. The monoisotopic (exact) mass is 273 g/mol. The average molecular weight is 273 g/mol. The summed E-state index contributed by atoms with van der Waals surface area (Å²) in [4.78, 5) is 14.0. The molecule has 1 N–H and O–H groups in total. The molecule has 0 aromatic carbocycles. The van der Waals surface area contributed by atoms with Gasteiger partial charge in [0.05, 0.1) is 12.6 Å². The molecule has 0 bridgehead atoms. The van der Waals surface area contributed by atoms with E-state index >= 15 is 0 Å². The van der Waals surface area contributed by atoms with Crippen molar-refractivity contribution in [3.8, 4) is 0 Å². The summed E-state index contributed by atoms with van der Waals surface area (Å²) in [5.41, 5.74) is -1.32. The number of rotatable bonds is 2. The van der Waals surface area contributed by atoms with E-state index in [2.05, 4.69) is 0 Å². The predicted molar refractivity (Wildman–Crippen MR) is 72.7 cm³/mol. The Kier molecular flexibility index (Phi) is 4.52. The Balaban J connectivity index is 3.02. The summed E-state index contributed by atoms with van der Waals surface area (Å²) in [7, 11) is 0. The van der Waals surface area contributed by atoms with Crippen LogP contribution < -0.4 is 0 Å². The number of aliphatic hydroxyl groups is 1. The summed E-state index contributed by atoms with van der Waals surface area (Å²) >= 11 is 0. The maximum Gasteiger partial charge on any atom is 0.412 e. The molecular weight excluding hydrogens is 246 g/mol. The molecule has 0 radical (unpaired) electrons. The van der Waals surface area contributed by atoms with Crippen LogP contribution in [0.25, 0.3) is 0 Å². The summed E-state index contributed by atoms with van der Waals surface area (Å²) in [5.74, 6) is 0.173. The highest BCUT2D eigenvalue weighted by molar-refractivity contribution is 5.70. The number of hydrogen-bond donors (Lipinski definition) is 1. The fraction of sp³-hybridized carbons (Fsp3) is 0.929. The lowest BCUT2D eigenvalue weighted by Crippen LogP contribution is -2.52. The first-order valence-corrected chi connectivity index (χ1v) is 6.80. The topological polar surface area (TPSA) is 59.0 Å². The van der Waals surface area contributed by atoms with E-state index in [1.54, 1.807) is 4.90 Å². The molecule has 0 aromatic rings. The number of amides is 1. The lowest BCUT2D eigenvalue weighted by molar-refractivity contribution is -0.0867. The summed E-state index contributed by atoms with van der Waals surface area (Å²) in [6, 6.07) is -0.185. The van der Waals surface area contributed by atoms with Crippen molar-refractivity contribution in [1.29, 1.82) is 0 Å². The Hall–Kier alpha value is -0.810. The van der Waals surface area contributed by atoms with Crippen molar-refractivity contribution in [1.82, 2.24) is 4.90 Å². The van der Waals surface area contributed by atoms with Gasteiger partial charge in [-0.05, 0) is 40.5 Å². The van der Waals surface area contributed by atoms with Gasteiger partial charge in [0.2, 0.25) is 0 Å². The largest absolute Gasteiger partial charge is 0.444 e. The van der Waals surface area contributed by atoms with Gasteiger partial charge in [-0.1, -0.05) is 13.8 Å². The van der Waals surface area contributed by atoms with E-state index in [9.17, 15) is 9.90 Å². The van der Waals surface area contributed by atoms with E-state index in [0.717, 1.165) is 0 Å². The Labute approximate surface area is 115 Å². The van der Waals surface area contributed by atoms with E-state index < -0.39 is 17.4 Å². The second-order valence-corrected chi connectivity index (χ2v) is 6.87. The first kappa shape index (κ1) is 16.2. The molecule has 0 aliphatic carbocycles. The SMILES string of the molecule is CC(C)[C@H]1[C@H](CO)OC(C)(C)N1C(=O)OC(C)(C)C. The molecule has 5 nitrogen and oxygen atoms in total.